The van der Waals surface area contributed by atoms with Gasteiger partial charge in [0.1, 0.15) is 0 Å². The Bertz CT molecular complexity index is 370. The van der Waals surface area contributed by atoms with Crippen molar-refractivity contribution in [3.05, 3.63) is 29.8 Å². The molecule has 100 valence electrons. The molecule has 1 atom stereocenters. The van der Waals surface area contributed by atoms with Gasteiger partial charge < -0.3 is 5.32 Å². The van der Waals surface area contributed by atoms with E-state index in [-0.39, 0.29) is 0 Å². The molecule has 0 aliphatic carbocycles. The summed E-state index contributed by atoms with van der Waals surface area (Å²) in [5, 5.41) is 3.35. The van der Waals surface area contributed by atoms with Gasteiger partial charge >= 0.3 is 0 Å². The zero-order valence-electron chi connectivity index (χ0n) is 10.4. The molecule has 1 fully saturated rings. The molecular weight excluding hydrogens is 254 g/mol. The minimum atomic E-state index is -2.34. The van der Waals surface area contributed by atoms with E-state index in [9.17, 15) is 8.78 Å². The van der Waals surface area contributed by atoms with Crippen LogP contribution < -0.4 is 5.32 Å². The van der Waals surface area contributed by atoms with Gasteiger partial charge in [0.25, 0.3) is 5.76 Å². The van der Waals surface area contributed by atoms with Gasteiger partial charge in [-0.3, -0.25) is 4.90 Å². The van der Waals surface area contributed by atoms with Crippen molar-refractivity contribution in [3.8, 4) is 0 Å². The topological polar surface area (TPSA) is 15.3 Å². The number of benzene rings is 1. The highest BCUT2D eigenvalue weighted by Gasteiger charge is 2.17. The summed E-state index contributed by atoms with van der Waals surface area (Å²) in [7, 11) is 0. The lowest BCUT2D eigenvalue weighted by atomic mass is 10.1. The Hall–Kier alpha value is -0.650. The third-order valence-corrected chi connectivity index (χ3v) is 3.90. The Morgan fingerprint density at radius 1 is 1.39 bits per heavy atom. The lowest BCUT2D eigenvalue weighted by Crippen LogP contribution is -2.49. The maximum atomic E-state index is 12.2. The lowest BCUT2D eigenvalue weighted by Gasteiger charge is -2.33. The van der Waals surface area contributed by atoms with Crippen molar-refractivity contribution >= 4 is 11.8 Å². The zero-order valence-corrected chi connectivity index (χ0v) is 11.2. The molecular formula is C13H18F2N2S. The predicted molar refractivity (Wildman–Crippen MR) is 71.0 cm³/mol. The van der Waals surface area contributed by atoms with Crippen molar-refractivity contribution in [2.24, 2.45) is 0 Å². The van der Waals surface area contributed by atoms with E-state index in [1.165, 1.54) is 5.56 Å². The van der Waals surface area contributed by atoms with Gasteiger partial charge in [-0.1, -0.05) is 23.9 Å². The maximum absolute atomic E-state index is 12.2. The van der Waals surface area contributed by atoms with Crippen LogP contribution in [0.5, 0.6) is 0 Å². The fourth-order valence-electron chi connectivity index (χ4n) is 2.13. The molecule has 0 radical (unpaired) electrons. The van der Waals surface area contributed by atoms with Crippen LogP contribution >= 0.6 is 11.8 Å². The molecule has 1 aliphatic heterocycles. The normalized spacial score (nSPS) is 21.4. The average molecular weight is 272 g/mol. The standard InChI is InChI=1S/C13H18F2N2S/c1-10-8-16-6-7-17(10)9-11-2-4-12(5-3-11)18-13(14)15/h2-5,10,13,16H,6-9H2,1H3/t10-/m1/s1. The third kappa shape index (κ3) is 3.93. The molecule has 0 bridgehead atoms. The van der Waals surface area contributed by atoms with E-state index in [0.29, 0.717) is 22.7 Å². The molecule has 0 unspecified atom stereocenters. The number of hydrogen-bond donors (Lipinski definition) is 1. The highest BCUT2D eigenvalue weighted by atomic mass is 32.2. The molecule has 1 saturated heterocycles. The van der Waals surface area contributed by atoms with Crippen LogP contribution in [0.15, 0.2) is 29.2 Å². The number of rotatable bonds is 4. The van der Waals surface area contributed by atoms with Gasteiger partial charge in [-0.2, -0.15) is 8.78 Å². The van der Waals surface area contributed by atoms with Crippen LogP contribution in [0.3, 0.4) is 0 Å². The number of hydrogen-bond acceptors (Lipinski definition) is 3. The van der Waals surface area contributed by atoms with Gasteiger partial charge in [0.2, 0.25) is 0 Å². The van der Waals surface area contributed by atoms with Crippen LogP contribution in [0.2, 0.25) is 0 Å². The minimum absolute atomic E-state index is 0.522. The van der Waals surface area contributed by atoms with Crippen molar-refractivity contribution in [2.75, 3.05) is 19.6 Å². The van der Waals surface area contributed by atoms with Crippen LogP contribution in [0.4, 0.5) is 8.78 Å². The van der Waals surface area contributed by atoms with Gasteiger partial charge in [0.05, 0.1) is 0 Å². The molecule has 0 spiro atoms. The molecule has 5 heteroatoms. The van der Waals surface area contributed by atoms with Gasteiger partial charge in [-0.25, -0.2) is 0 Å². The van der Waals surface area contributed by atoms with Gasteiger partial charge in [0.15, 0.2) is 0 Å². The molecule has 18 heavy (non-hydrogen) atoms. The molecule has 1 heterocycles. The van der Waals surface area contributed by atoms with E-state index >= 15 is 0 Å². The summed E-state index contributed by atoms with van der Waals surface area (Å²) in [6, 6.07) is 7.96. The third-order valence-electron chi connectivity index (χ3n) is 3.17. The van der Waals surface area contributed by atoms with Crippen molar-refractivity contribution < 1.29 is 8.78 Å². The maximum Gasteiger partial charge on any atom is 0.288 e. The van der Waals surface area contributed by atoms with Crippen LogP contribution in [0.25, 0.3) is 0 Å². The monoisotopic (exact) mass is 272 g/mol. The van der Waals surface area contributed by atoms with Gasteiger partial charge in [-0.05, 0) is 24.6 Å². The molecule has 2 nitrogen and oxygen atoms in total. The number of nitrogens with zero attached hydrogens (tertiary/aromatic N) is 1. The second-order valence-electron chi connectivity index (χ2n) is 4.55. The van der Waals surface area contributed by atoms with Gasteiger partial charge in [-0.15, -0.1) is 0 Å². The number of alkyl halides is 2. The van der Waals surface area contributed by atoms with E-state index < -0.39 is 5.76 Å². The first kappa shape index (κ1) is 13.8. The fourth-order valence-corrected chi connectivity index (χ4v) is 2.63. The van der Waals surface area contributed by atoms with E-state index in [1.807, 2.05) is 12.1 Å². The SMILES string of the molecule is C[C@@H]1CNCCN1Cc1ccc(SC(F)F)cc1. The van der Waals surface area contributed by atoms with Crippen LogP contribution in [-0.4, -0.2) is 36.3 Å². The Balaban J connectivity index is 1.93. The van der Waals surface area contributed by atoms with Crippen LogP contribution in [-0.2, 0) is 6.54 Å². The first-order chi connectivity index (χ1) is 8.65. The van der Waals surface area contributed by atoms with E-state index in [1.54, 1.807) is 12.1 Å². The smallest absolute Gasteiger partial charge is 0.288 e. The predicted octanol–water partition coefficient (Wildman–Crippen LogP) is 2.80. The summed E-state index contributed by atoms with van der Waals surface area (Å²) in [6.45, 7) is 6.16. The van der Waals surface area contributed by atoms with Crippen LogP contribution in [0, 0.1) is 0 Å². The highest BCUT2D eigenvalue weighted by Crippen LogP contribution is 2.25. The second-order valence-corrected chi connectivity index (χ2v) is 5.61. The summed E-state index contributed by atoms with van der Waals surface area (Å²) in [6.07, 6.45) is 0. The van der Waals surface area contributed by atoms with E-state index in [0.717, 1.165) is 26.2 Å². The molecule has 0 amide bonds. The first-order valence-electron chi connectivity index (χ1n) is 6.13. The fraction of sp³-hybridized carbons (Fsp3) is 0.538. The zero-order chi connectivity index (χ0) is 13.0. The molecule has 1 aliphatic rings. The minimum Gasteiger partial charge on any atom is -0.314 e. The van der Waals surface area contributed by atoms with E-state index in [4.69, 9.17) is 0 Å². The summed E-state index contributed by atoms with van der Waals surface area (Å²) < 4.78 is 24.4. The van der Waals surface area contributed by atoms with E-state index in [2.05, 4.69) is 17.1 Å². The Kier molecular flexibility index (Phi) is 4.97. The van der Waals surface area contributed by atoms with Crippen LogP contribution in [0.1, 0.15) is 12.5 Å². The second kappa shape index (κ2) is 6.50. The molecule has 2 rings (SSSR count). The van der Waals surface area contributed by atoms with Crippen molar-refractivity contribution in [3.63, 3.8) is 0 Å². The summed E-state index contributed by atoms with van der Waals surface area (Å²) in [5.41, 5.74) is 1.18. The molecule has 0 saturated carbocycles. The Morgan fingerprint density at radius 2 is 2.11 bits per heavy atom. The summed E-state index contributed by atoms with van der Waals surface area (Å²) in [5.74, 6) is -2.34. The number of thioether (sulfide) groups is 1. The highest BCUT2D eigenvalue weighted by molar-refractivity contribution is 7.99. The van der Waals surface area contributed by atoms with Crippen molar-refractivity contribution in [1.29, 1.82) is 0 Å². The Morgan fingerprint density at radius 3 is 2.72 bits per heavy atom. The van der Waals surface area contributed by atoms with Crippen molar-refractivity contribution in [2.45, 2.75) is 30.2 Å². The Labute approximate surface area is 111 Å². The number of piperazine rings is 1. The number of halogens is 2. The quantitative estimate of drug-likeness (QED) is 0.849. The summed E-state index contributed by atoms with van der Waals surface area (Å²) >= 11 is 0.597. The molecule has 1 N–H and O–H groups in total. The van der Waals surface area contributed by atoms with Crippen molar-refractivity contribution in [1.82, 2.24) is 10.2 Å². The molecule has 1 aromatic rings. The first-order valence-corrected chi connectivity index (χ1v) is 7.01. The molecule has 1 aromatic carbocycles. The average Bonchev–Trinajstić information content (AvgIpc) is 2.34. The van der Waals surface area contributed by atoms with Gasteiger partial charge in [0, 0.05) is 37.1 Å². The molecule has 0 aromatic heterocycles. The summed E-state index contributed by atoms with van der Waals surface area (Å²) in [4.78, 5) is 3.04. The largest absolute Gasteiger partial charge is 0.314 e. The lowest BCUT2D eigenvalue weighted by molar-refractivity contribution is 0.165. The number of nitrogens with one attached hydrogen (secondary N) is 1.